The van der Waals surface area contributed by atoms with Gasteiger partial charge in [-0.25, -0.2) is 9.96 Å². The third kappa shape index (κ3) is 2.51. The minimum absolute atomic E-state index is 0.0639. The number of carbonyl (C=O) groups is 2. The molecule has 1 saturated heterocycles. The van der Waals surface area contributed by atoms with Crippen LogP contribution in [0.1, 0.15) is 6.42 Å². The number of carbonyl (C=O) groups excluding carboxylic acids is 2. The molecule has 3 rings (SSSR count). The molecule has 22 heavy (non-hydrogen) atoms. The normalized spacial score (nSPS) is 17.9. The zero-order valence-electron chi connectivity index (χ0n) is 11.5. The summed E-state index contributed by atoms with van der Waals surface area (Å²) in [6, 6.07) is 14.8. The van der Waals surface area contributed by atoms with E-state index in [4.69, 9.17) is 0 Å². The highest BCUT2D eigenvalue weighted by molar-refractivity contribution is 9.10. The molecule has 0 bridgehead atoms. The molecule has 5 nitrogen and oxygen atoms in total. The van der Waals surface area contributed by atoms with E-state index in [9.17, 15) is 14.8 Å². The van der Waals surface area contributed by atoms with Crippen molar-refractivity contribution in [2.45, 2.75) is 12.5 Å². The molecule has 1 atom stereocenters. The van der Waals surface area contributed by atoms with Crippen LogP contribution in [0.3, 0.4) is 0 Å². The number of hydroxylamine groups is 1. The van der Waals surface area contributed by atoms with Gasteiger partial charge in [0.15, 0.2) is 0 Å². The van der Waals surface area contributed by atoms with Gasteiger partial charge in [0.25, 0.3) is 5.91 Å². The van der Waals surface area contributed by atoms with Crippen molar-refractivity contribution in [3.05, 3.63) is 59.1 Å². The molecular weight excluding hydrogens is 348 g/mol. The van der Waals surface area contributed by atoms with Gasteiger partial charge in [0.2, 0.25) is 5.91 Å². The van der Waals surface area contributed by atoms with E-state index in [1.165, 1.54) is 0 Å². The number of nitrogens with zero attached hydrogens (tertiary/aromatic N) is 2. The summed E-state index contributed by atoms with van der Waals surface area (Å²) in [5.74, 6) is -0.778. The Morgan fingerprint density at radius 1 is 1.05 bits per heavy atom. The fraction of sp³-hybridized carbons (Fsp3) is 0.125. The fourth-order valence-electron chi connectivity index (χ4n) is 2.45. The smallest absolute Gasteiger partial charge is 0.259 e. The number of halogens is 1. The molecule has 0 aliphatic carbocycles. The molecule has 1 N–H and O–H groups in total. The largest absolute Gasteiger partial charge is 0.288 e. The Hall–Kier alpha value is -2.18. The molecular formula is C16H13BrN2O3. The molecule has 0 unspecified atom stereocenters. The van der Waals surface area contributed by atoms with E-state index in [1.54, 1.807) is 48.5 Å². The molecule has 2 aromatic rings. The average Bonchev–Trinajstić information content (AvgIpc) is 2.83. The van der Waals surface area contributed by atoms with Crippen molar-refractivity contribution in [3.8, 4) is 0 Å². The quantitative estimate of drug-likeness (QED) is 0.675. The van der Waals surface area contributed by atoms with Gasteiger partial charge in [-0.3, -0.25) is 14.8 Å². The molecule has 1 aliphatic heterocycles. The van der Waals surface area contributed by atoms with Crippen molar-refractivity contribution in [2.24, 2.45) is 0 Å². The first-order chi connectivity index (χ1) is 10.6. The maximum atomic E-state index is 12.6. The van der Waals surface area contributed by atoms with Crippen molar-refractivity contribution in [3.63, 3.8) is 0 Å². The minimum atomic E-state index is -0.915. The number of anilines is 2. The topological polar surface area (TPSA) is 60.9 Å². The van der Waals surface area contributed by atoms with Gasteiger partial charge in [-0.05, 0) is 40.2 Å². The Morgan fingerprint density at radius 2 is 1.68 bits per heavy atom. The lowest BCUT2D eigenvalue weighted by Gasteiger charge is -2.23. The molecule has 0 aromatic heterocycles. The first kappa shape index (κ1) is 14.7. The van der Waals surface area contributed by atoms with E-state index in [1.807, 2.05) is 6.07 Å². The molecule has 0 spiro atoms. The summed E-state index contributed by atoms with van der Waals surface area (Å²) in [7, 11) is 0. The fourth-order valence-corrected chi connectivity index (χ4v) is 2.92. The van der Waals surface area contributed by atoms with Crippen LogP contribution in [0.15, 0.2) is 59.1 Å². The van der Waals surface area contributed by atoms with Crippen molar-refractivity contribution in [1.29, 1.82) is 0 Å². The molecule has 1 fully saturated rings. The Kier molecular flexibility index (Phi) is 3.96. The monoisotopic (exact) mass is 360 g/mol. The van der Waals surface area contributed by atoms with Gasteiger partial charge in [-0.2, -0.15) is 0 Å². The SMILES string of the molecule is O=C1C[C@@H](N(O)c2ccccc2)C(=O)N1c1ccccc1Br. The van der Waals surface area contributed by atoms with E-state index in [-0.39, 0.29) is 12.3 Å². The summed E-state index contributed by atoms with van der Waals surface area (Å²) >= 11 is 3.34. The maximum absolute atomic E-state index is 12.6. The summed E-state index contributed by atoms with van der Waals surface area (Å²) in [5.41, 5.74) is 0.962. The highest BCUT2D eigenvalue weighted by atomic mass is 79.9. The minimum Gasteiger partial charge on any atom is -0.288 e. The van der Waals surface area contributed by atoms with Crippen LogP contribution < -0.4 is 9.96 Å². The first-order valence-corrected chi connectivity index (χ1v) is 7.53. The lowest BCUT2D eigenvalue weighted by Crippen LogP contribution is -2.40. The summed E-state index contributed by atoms with van der Waals surface area (Å²) in [6.45, 7) is 0. The number of hydrogen-bond acceptors (Lipinski definition) is 4. The van der Waals surface area contributed by atoms with Gasteiger partial charge >= 0.3 is 0 Å². The second-order valence-corrected chi connectivity index (χ2v) is 5.77. The van der Waals surface area contributed by atoms with Gasteiger partial charge in [0.1, 0.15) is 6.04 Å². The number of amides is 2. The van der Waals surface area contributed by atoms with Crippen LogP contribution in [0.4, 0.5) is 11.4 Å². The summed E-state index contributed by atoms with van der Waals surface area (Å²) in [6.07, 6.45) is -0.0639. The lowest BCUT2D eigenvalue weighted by molar-refractivity contribution is -0.121. The number of para-hydroxylation sites is 2. The van der Waals surface area contributed by atoms with Gasteiger partial charge in [0, 0.05) is 4.47 Å². The van der Waals surface area contributed by atoms with Crippen LogP contribution in [-0.4, -0.2) is 23.1 Å². The Bertz CT molecular complexity index is 720. The van der Waals surface area contributed by atoms with Gasteiger partial charge < -0.3 is 0 Å². The lowest BCUT2D eigenvalue weighted by atomic mass is 10.2. The van der Waals surface area contributed by atoms with Crippen LogP contribution in [0.2, 0.25) is 0 Å². The third-order valence-electron chi connectivity index (χ3n) is 3.53. The van der Waals surface area contributed by atoms with Gasteiger partial charge in [-0.1, -0.05) is 30.3 Å². The number of hydrogen-bond donors (Lipinski definition) is 1. The number of imide groups is 1. The van der Waals surface area contributed by atoms with Crippen molar-refractivity contribution < 1.29 is 14.8 Å². The highest BCUT2D eigenvalue weighted by Crippen LogP contribution is 2.32. The molecule has 2 amide bonds. The molecule has 0 saturated carbocycles. The van der Waals surface area contributed by atoms with Crippen molar-refractivity contribution in [2.75, 3.05) is 9.96 Å². The standard InChI is InChI=1S/C16H13BrN2O3/c17-12-8-4-5-9-13(12)18-15(20)10-14(16(18)21)19(22)11-6-2-1-3-7-11/h1-9,14,22H,10H2/t14-/m1/s1. The second kappa shape index (κ2) is 5.90. The zero-order chi connectivity index (χ0) is 15.7. The number of benzene rings is 2. The van der Waals surface area contributed by atoms with E-state index in [0.717, 1.165) is 9.96 Å². The van der Waals surface area contributed by atoms with Crippen LogP contribution in [-0.2, 0) is 9.59 Å². The first-order valence-electron chi connectivity index (χ1n) is 6.74. The molecule has 0 radical (unpaired) electrons. The van der Waals surface area contributed by atoms with Gasteiger partial charge in [0.05, 0.1) is 17.8 Å². The second-order valence-electron chi connectivity index (χ2n) is 4.92. The molecule has 6 heteroatoms. The van der Waals surface area contributed by atoms with Crippen LogP contribution in [0, 0.1) is 0 Å². The average molecular weight is 361 g/mol. The molecule has 2 aromatic carbocycles. The predicted molar refractivity (Wildman–Crippen MR) is 85.7 cm³/mol. The summed E-state index contributed by atoms with van der Waals surface area (Å²) < 4.78 is 0.654. The Morgan fingerprint density at radius 3 is 2.36 bits per heavy atom. The highest BCUT2D eigenvalue weighted by Gasteiger charge is 2.43. The molecule has 1 aliphatic rings. The van der Waals surface area contributed by atoms with E-state index < -0.39 is 11.9 Å². The van der Waals surface area contributed by atoms with Crippen molar-refractivity contribution in [1.82, 2.24) is 0 Å². The third-order valence-corrected chi connectivity index (χ3v) is 4.20. The van der Waals surface area contributed by atoms with E-state index >= 15 is 0 Å². The van der Waals surface area contributed by atoms with E-state index in [2.05, 4.69) is 15.9 Å². The van der Waals surface area contributed by atoms with E-state index in [0.29, 0.717) is 15.8 Å². The van der Waals surface area contributed by atoms with Crippen LogP contribution in [0.25, 0.3) is 0 Å². The molecule has 1 heterocycles. The Balaban J connectivity index is 1.91. The zero-order valence-corrected chi connectivity index (χ0v) is 13.1. The van der Waals surface area contributed by atoms with Gasteiger partial charge in [-0.15, -0.1) is 0 Å². The van der Waals surface area contributed by atoms with Crippen molar-refractivity contribution >= 4 is 39.1 Å². The van der Waals surface area contributed by atoms with Crippen LogP contribution in [0.5, 0.6) is 0 Å². The predicted octanol–water partition coefficient (Wildman–Crippen LogP) is 2.98. The number of rotatable bonds is 3. The summed E-state index contributed by atoms with van der Waals surface area (Å²) in [4.78, 5) is 25.9. The summed E-state index contributed by atoms with van der Waals surface area (Å²) in [5, 5.41) is 11.1. The maximum Gasteiger partial charge on any atom is 0.259 e. The molecule has 112 valence electrons. The Labute approximate surface area is 135 Å². The van der Waals surface area contributed by atoms with Crippen LogP contribution >= 0.6 is 15.9 Å².